The second-order valence-corrected chi connectivity index (χ2v) is 3.83. The van der Waals surface area contributed by atoms with Crippen LogP contribution in [0.15, 0.2) is 24.3 Å². The first-order chi connectivity index (χ1) is 9.42. The Morgan fingerprint density at radius 3 is 2.70 bits per heavy atom. The SMILES string of the molecule is N#Cc1ccccc1OCC(O)CNOCC(F)(F)F. The molecule has 0 heterocycles. The number of ether oxygens (including phenoxy) is 1. The van der Waals surface area contributed by atoms with Crippen LogP contribution in [0.5, 0.6) is 5.75 Å². The summed E-state index contributed by atoms with van der Waals surface area (Å²) in [6.07, 6.45) is -5.50. The number of benzene rings is 1. The first-order valence-electron chi connectivity index (χ1n) is 5.64. The van der Waals surface area contributed by atoms with Crippen molar-refractivity contribution in [1.29, 1.82) is 5.26 Å². The van der Waals surface area contributed by atoms with Gasteiger partial charge in [-0.2, -0.15) is 23.9 Å². The molecule has 2 N–H and O–H groups in total. The topological polar surface area (TPSA) is 74.5 Å². The number of hydroxylamine groups is 1. The number of alkyl halides is 3. The van der Waals surface area contributed by atoms with Gasteiger partial charge in [0, 0.05) is 0 Å². The first-order valence-corrected chi connectivity index (χ1v) is 5.64. The van der Waals surface area contributed by atoms with Crippen LogP contribution in [0.25, 0.3) is 0 Å². The Bertz CT molecular complexity index is 460. The molecule has 8 heteroatoms. The standard InChI is InChI=1S/C12H13F3N2O3/c13-12(14,15)8-20-17-6-10(18)7-19-11-4-2-1-3-9(11)5-16/h1-4,10,17-18H,6-8H2. The summed E-state index contributed by atoms with van der Waals surface area (Å²) < 4.78 is 40.4. The number of nitriles is 1. The summed E-state index contributed by atoms with van der Waals surface area (Å²) in [7, 11) is 0. The van der Waals surface area contributed by atoms with Crippen LogP contribution in [0.4, 0.5) is 13.2 Å². The Morgan fingerprint density at radius 1 is 1.35 bits per heavy atom. The fourth-order valence-electron chi connectivity index (χ4n) is 1.22. The minimum atomic E-state index is -4.43. The second-order valence-electron chi connectivity index (χ2n) is 3.83. The molecule has 0 bridgehead atoms. The highest BCUT2D eigenvalue weighted by Gasteiger charge is 2.27. The van der Waals surface area contributed by atoms with Gasteiger partial charge in [0.1, 0.15) is 24.5 Å². The molecule has 5 nitrogen and oxygen atoms in total. The van der Waals surface area contributed by atoms with Gasteiger partial charge in [-0.1, -0.05) is 12.1 Å². The van der Waals surface area contributed by atoms with Crippen molar-refractivity contribution in [3.63, 3.8) is 0 Å². The van der Waals surface area contributed by atoms with E-state index in [1.54, 1.807) is 24.3 Å². The third-order valence-corrected chi connectivity index (χ3v) is 2.10. The van der Waals surface area contributed by atoms with Crippen LogP contribution in [0.2, 0.25) is 0 Å². The molecule has 20 heavy (non-hydrogen) atoms. The van der Waals surface area contributed by atoms with Gasteiger partial charge in [0.05, 0.1) is 12.1 Å². The maximum Gasteiger partial charge on any atom is 0.413 e. The monoisotopic (exact) mass is 290 g/mol. The lowest BCUT2D eigenvalue weighted by atomic mass is 10.2. The van der Waals surface area contributed by atoms with Crippen molar-refractivity contribution in [3.05, 3.63) is 29.8 Å². The minimum absolute atomic E-state index is 0.179. The number of halogens is 3. The molecular weight excluding hydrogens is 277 g/mol. The maximum atomic E-state index is 11.8. The van der Waals surface area contributed by atoms with Gasteiger partial charge in [0.25, 0.3) is 0 Å². The van der Waals surface area contributed by atoms with Crippen LogP contribution in [0.1, 0.15) is 5.56 Å². The Kier molecular flexibility index (Phi) is 6.24. The molecule has 0 radical (unpaired) electrons. The molecule has 0 aliphatic heterocycles. The van der Waals surface area contributed by atoms with Gasteiger partial charge < -0.3 is 9.84 Å². The fraction of sp³-hybridized carbons (Fsp3) is 0.417. The van der Waals surface area contributed by atoms with E-state index in [1.165, 1.54) is 0 Å². The van der Waals surface area contributed by atoms with E-state index in [2.05, 4.69) is 4.84 Å². The lowest BCUT2D eigenvalue weighted by Gasteiger charge is -2.14. The predicted molar refractivity (Wildman–Crippen MR) is 62.7 cm³/mol. The lowest BCUT2D eigenvalue weighted by Crippen LogP contribution is -2.34. The number of aliphatic hydroxyl groups excluding tert-OH is 1. The molecule has 0 fully saturated rings. The van der Waals surface area contributed by atoms with Crippen LogP contribution in [-0.4, -0.2) is 37.1 Å². The number of hydrogen-bond acceptors (Lipinski definition) is 5. The number of nitrogens with zero attached hydrogens (tertiary/aromatic N) is 1. The van der Waals surface area contributed by atoms with Gasteiger partial charge in [-0.05, 0) is 12.1 Å². The third-order valence-electron chi connectivity index (χ3n) is 2.10. The van der Waals surface area contributed by atoms with Gasteiger partial charge >= 0.3 is 6.18 Å². The van der Waals surface area contributed by atoms with E-state index < -0.39 is 18.9 Å². The van der Waals surface area contributed by atoms with Crippen LogP contribution in [0.3, 0.4) is 0 Å². The highest BCUT2D eigenvalue weighted by Crippen LogP contribution is 2.16. The van der Waals surface area contributed by atoms with Crippen LogP contribution < -0.4 is 10.2 Å². The molecule has 110 valence electrons. The predicted octanol–water partition coefficient (Wildman–Crippen LogP) is 1.38. The van der Waals surface area contributed by atoms with Crippen molar-refractivity contribution >= 4 is 0 Å². The van der Waals surface area contributed by atoms with Crippen molar-refractivity contribution in [3.8, 4) is 11.8 Å². The minimum Gasteiger partial charge on any atom is -0.489 e. The van der Waals surface area contributed by atoms with E-state index in [0.717, 1.165) is 0 Å². The smallest absolute Gasteiger partial charge is 0.413 e. The van der Waals surface area contributed by atoms with E-state index >= 15 is 0 Å². The zero-order valence-electron chi connectivity index (χ0n) is 10.4. The van der Waals surface area contributed by atoms with E-state index in [9.17, 15) is 18.3 Å². The second kappa shape index (κ2) is 7.69. The molecule has 0 aliphatic carbocycles. The molecule has 0 aliphatic rings. The molecule has 1 unspecified atom stereocenters. The largest absolute Gasteiger partial charge is 0.489 e. The first kappa shape index (κ1) is 16.2. The molecule has 1 aromatic rings. The average molecular weight is 290 g/mol. The van der Waals surface area contributed by atoms with Gasteiger partial charge in [-0.15, -0.1) is 0 Å². The van der Waals surface area contributed by atoms with E-state index in [1.807, 2.05) is 11.5 Å². The van der Waals surface area contributed by atoms with Crippen molar-refractivity contribution in [2.75, 3.05) is 19.8 Å². The Hall–Kier alpha value is -1.82. The van der Waals surface area contributed by atoms with E-state index in [-0.39, 0.29) is 13.2 Å². The molecule has 0 amide bonds. The number of nitrogens with one attached hydrogen (secondary N) is 1. The lowest BCUT2D eigenvalue weighted by molar-refractivity contribution is -0.191. The number of aliphatic hydroxyl groups is 1. The van der Waals surface area contributed by atoms with Crippen molar-refractivity contribution in [2.24, 2.45) is 0 Å². The highest BCUT2D eigenvalue weighted by molar-refractivity contribution is 5.42. The van der Waals surface area contributed by atoms with E-state index in [0.29, 0.717) is 11.3 Å². The highest BCUT2D eigenvalue weighted by atomic mass is 19.4. The molecule has 0 saturated carbocycles. The summed E-state index contributed by atoms with van der Waals surface area (Å²) >= 11 is 0. The summed E-state index contributed by atoms with van der Waals surface area (Å²) in [6, 6.07) is 8.34. The van der Waals surface area contributed by atoms with Gasteiger partial charge in [-0.3, -0.25) is 4.84 Å². The Morgan fingerprint density at radius 2 is 2.05 bits per heavy atom. The van der Waals surface area contributed by atoms with Gasteiger partial charge in [0.15, 0.2) is 6.61 Å². The molecule has 0 spiro atoms. The quantitative estimate of drug-likeness (QED) is 0.586. The van der Waals surface area contributed by atoms with Crippen molar-refractivity contribution in [2.45, 2.75) is 12.3 Å². The summed E-state index contributed by atoms with van der Waals surface area (Å²) in [5, 5.41) is 18.3. The zero-order valence-corrected chi connectivity index (χ0v) is 10.4. The van der Waals surface area contributed by atoms with Crippen molar-refractivity contribution in [1.82, 2.24) is 5.48 Å². The van der Waals surface area contributed by atoms with E-state index in [4.69, 9.17) is 10.00 Å². The summed E-state index contributed by atoms with van der Waals surface area (Å²) in [6.45, 7) is -1.86. The average Bonchev–Trinajstić information content (AvgIpc) is 2.40. The summed E-state index contributed by atoms with van der Waals surface area (Å²) in [5.41, 5.74) is 2.30. The van der Waals surface area contributed by atoms with Gasteiger partial charge in [-0.25, -0.2) is 0 Å². The fourth-order valence-corrected chi connectivity index (χ4v) is 1.22. The Labute approximate surface area is 113 Å². The normalized spacial score (nSPS) is 12.8. The van der Waals surface area contributed by atoms with Crippen molar-refractivity contribution < 1.29 is 27.9 Å². The van der Waals surface area contributed by atoms with Crippen LogP contribution >= 0.6 is 0 Å². The number of para-hydroxylation sites is 1. The molecule has 0 aromatic heterocycles. The summed E-state index contributed by atoms with van der Waals surface area (Å²) in [5.74, 6) is 0.297. The molecule has 1 rings (SSSR count). The zero-order chi connectivity index (χ0) is 15.0. The van der Waals surface area contributed by atoms with Crippen LogP contribution in [-0.2, 0) is 4.84 Å². The van der Waals surface area contributed by atoms with Crippen LogP contribution in [0, 0.1) is 11.3 Å². The van der Waals surface area contributed by atoms with Gasteiger partial charge in [0.2, 0.25) is 0 Å². The molecule has 1 atom stereocenters. The number of rotatable bonds is 7. The number of hydrogen-bond donors (Lipinski definition) is 2. The molecular formula is C12H13F3N2O3. The molecule has 1 aromatic carbocycles. The Balaban J connectivity index is 2.26. The summed E-state index contributed by atoms with van der Waals surface area (Å²) in [4.78, 5) is 4.12. The molecule has 0 saturated heterocycles. The third kappa shape index (κ3) is 6.38. The maximum absolute atomic E-state index is 11.8.